The molecule has 0 aliphatic heterocycles. The smallest absolute Gasteiger partial charge is 0.242 e. The van der Waals surface area contributed by atoms with Crippen molar-refractivity contribution in [2.75, 3.05) is 6.54 Å². The second-order valence-electron chi connectivity index (χ2n) is 6.06. The average molecular weight is 322 g/mol. The van der Waals surface area contributed by atoms with Crippen LogP contribution in [0.4, 0.5) is 4.39 Å². The molecule has 0 saturated carbocycles. The predicted octanol–water partition coefficient (Wildman–Crippen LogP) is 3.12. The highest BCUT2D eigenvalue weighted by atomic mass is 19.1. The largest absolute Gasteiger partial charge is 0.354 e. The van der Waals surface area contributed by atoms with Crippen LogP contribution in [0.2, 0.25) is 0 Å². The van der Waals surface area contributed by atoms with Gasteiger partial charge in [0, 0.05) is 19.5 Å². The molecule has 0 fully saturated rings. The minimum absolute atomic E-state index is 0.0825. The average Bonchev–Trinajstić information content (AvgIpc) is 2.53. The number of nitrogens with one attached hydrogen (secondary N) is 1. The van der Waals surface area contributed by atoms with Crippen molar-refractivity contribution in [1.29, 1.82) is 0 Å². The van der Waals surface area contributed by atoms with E-state index in [2.05, 4.69) is 5.32 Å². The van der Waals surface area contributed by atoms with Crippen molar-refractivity contribution < 1.29 is 14.0 Å². The Balaban J connectivity index is 2.91. The van der Waals surface area contributed by atoms with Gasteiger partial charge in [-0.05, 0) is 30.0 Å². The van der Waals surface area contributed by atoms with Crippen LogP contribution in [0.1, 0.15) is 46.1 Å². The van der Waals surface area contributed by atoms with Crippen molar-refractivity contribution in [3.8, 4) is 0 Å². The third-order valence-corrected chi connectivity index (χ3v) is 3.64. The van der Waals surface area contributed by atoms with E-state index < -0.39 is 6.04 Å². The summed E-state index contributed by atoms with van der Waals surface area (Å²) >= 11 is 0. The van der Waals surface area contributed by atoms with E-state index in [0.29, 0.717) is 31.8 Å². The first-order valence-electron chi connectivity index (χ1n) is 8.20. The van der Waals surface area contributed by atoms with Crippen molar-refractivity contribution in [1.82, 2.24) is 10.2 Å². The maximum atomic E-state index is 13.0. The number of carbonyl (C=O) groups excluding carboxylic acids is 2. The van der Waals surface area contributed by atoms with Crippen LogP contribution in [-0.2, 0) is 16.1 Å². The summed E-state index contributed by atoms with van der Waals surface area (Å²) in [5.41, 5.74) is 0.809. The number of nitrogens with zero attached hydrogens (tertiary/aromatic N) is 1. The minimum Gasteiger partial charge on any atom is -0.354 e. The fourth-order valence-corrected chi connectivity index (χ4v) is 2.33. The van der Waals surface area contributed by atoms with Gasteiger partial charge in [0.1, 0.15) is 11.9 Å². The molecule has 23 heavy (non-hydrogen) atoms. The van der Waals surface area contributed by atoms with Gasteiger partial charge in [0.25, 0.3) is 0 Å². The van der Waals surface area contributed by atoms with Gasteiger partial charge in [-0.25, -0.2) is 4.39 Å². The molecule has 1 rings (SSSR count). The molecule has 1 unspecified atom stereocenters. The topological polar surface area (TPSA) is 49.4 Å². The molecule has 1 atom stereocenters. The molecule has 0 saturated heterocycles. The van der Waals surface area contributed by atoms with Gasteiger partial charge in [0.05, 0.1) is 0 Å². The van der Waals surface area contributed by atoms with Crippen LogP contribution in [0.25, 0.3) is 0 Å². The number of amides is 2. The molecule has 0 radical (unpaired) electrons. The van der Waals surface area contributed by atoms with E-state index in [1.54, 1.807) is 24.0 Å². The number of benzene rings is 1. The van der Waals surface area contributed by atoms with Crippen LogP contribution < -0.4 is 5.32 Å². The van der Waals surface area contributed by atoms with Gasteiger partial charge in [0.2, 0.25) is 11.8 Å². The molecule has 5 heteroatoms. The van der Waals surface area contributed by atoms with E-state index in [4.69, 9.17) is 0 Å². The third-order valence-electron chi connectivity index (χ3n) is 3.64. The van der Waals surface area contributed by atoms with E-state index >= 15 is 0 Å². The predicted molar refractivity (Wildman–Crippen MR) is 89.2 cm³/mol. The number of hydrogen-bond acceptors (Lipinski definition) is 2. The second-order valence-corrected chi connectivity index (χ2v) is 6.06. The Morgan fingerprint density at radius 3 is 2.26 bits per heavy atom. The van der Waals surface area contributed by atoms with E-state index in [0.717, 1.165) is 5.56 Å². The molecule has 1 N–H and O–H groups in total. The van der Waals surface area contributed by atoms with Gasteiger partial charge < -0.3 is 10.2 Å². The number of rotatable bonds is 8. The van der Waals surface area contributed by atoms with E-state index in [9.17, 15) is 14.0 Å². The molecule has 0 heterocycles. The summed E-state index contributed by atoms with van der Waals surface area (Å²) in [5.74, 6) is -0.182. The first kappa shape index (κ1) is 19.1. The van der Waals surface area contributed by atoms with Crippen LogP contribution in [-0.4, -0.2) is 29.3 Å². The maximum absolute atomic E-state index is 13.0. The SMILES string of the molecule is CCC(=O)N(Cc1ccc(F)cc1)C(CC)C(=O)NCC(C)C. The zero-order valence-corrected chi connectivity index (χ0v) is 14.4. The van der Waals surface area contributed by atoms with Crippen LogP contribution in [0.3, 0.4) is 0 Å². The Bertz CT molecular complexity index is 514. The van der Waals surface area contributed by atoms with E-state index in [1.807, 2.05) is 20.8 Å². The minimum atomic E-state index is -0.508. The lowest BCUT2D eigenvalue weighted by molar-refractivity contribution is -0.141. The molecule has 0 aliphatic rings. The van der Waals surface area contributed by atoms with Crippen molar-refractivity contribution in [2.45, 2.75) is 53.1 Å². The van der Waals surface area contributed by atoms with Gasteiger partial charge in [-0.2, -0.15) is 0 Å². The van der Waals surface area contributed by atoms with Crippen LogP contribution >= 0.6 is 0 Å². The van der Waals surface area contributed by atoms with Crippen molar-refractivity contribution in [3.63, 3.8) is 0 Å². The molecule has 4 nitrogen and oxygen atoms in total. The second kappa shape index (κ2) is 9.28. The van der Waals surface area contributed by atoms with Crippen molar-refractivity contribution in [3.05, 3.63) is 35.6 Å². The summed E-state index contributed by atoms with van der Waals surface area (Å²) < 4.78 is 13.0. The van der Waals surface area contributed by atoms with Crippen molar-refractivity contribution in [2.24, 2.45) is 5.92 Å². The lowest BCUT2D eigenvalue weighted by Gasteiger charge is -2.30. The summed E-state index contributed by atoms with van der Waals surface area (Å²) in [4.78, 5) is 26.3. The Labute approximate surface area is 138 Å². The van der Waals surface area contributed by atoms with Gasteiger partial charge in [0.15, 0.2) is 0 Å². The number of hydrogen-bond donors (Lipinski definition) is 1. The maximum Gasteiger partial charge on any atom is 0.242 e. The van der Waals surface area contributed by atoms with E-state index in [-0.39, 0.29) is 17.6 Å². The molecular weight excluding hydrogens is 295 g/mol. The molecule has 2 amide bonds. The highest BCUT2D eigenvalue weighted by Crippen LogP contribution is 2.14. The normalized spacial score (nSPS) is 12.1. The molecule has 0 aromatic heterocycles. The fourth-order valence-electron chi connectivity index (χ4n) is 2.33. The fraction of sp³-hybridized carbons (Fsp3) is 0.556. The summed E-state index contributed by atoms with van der Waals surface area (Å²) in [6.45, 7) is 8.60. The highest BCUT2D eigenvalue weighted by molar-refractivity contribution is 5.87. The molecule has 0 bridgehead atoms. The summed E-state index contributed by atoms with van der Waals surface area (Å²) in [6.07, 6.45) is 0.867. The van der Waals surface area contributed by atoms with Gasteiger partial charge in [-0.15, -0.1) is 0 Å². The van der Waals surface area contributed by atoms with Crippen LogP contribution in [0, 0.1) is 11.7 Å². The van der Waals surface area contributed by atoms with Gasteiger partial charge in [-0.3, -0.25) is 9.59 Å². The lowest BCUT2D eigenvalue weighted by Crippen LogP contribution is -2.49. The summed E-state index contributed by atoms with van der Waals surface area (Å²) in [7, 11) is 0. The van der Waals surface area contributed by atoms with E-state index in [1.165, 1.54) is 12.1 Å². The van der Waals surface area contributed by atoms with Crippen LogP contribution in [0.5, 0.6) is 0 Å². The zero-order chi connectivity index (χ0) is 17.4. The molecule has 1 aromatic rings. The number of carbonyl (C=O) groups is 2. The monoisotopic (exact) mass is 322 g/mol. The highest BCUT2D eigenvalue weighted by Gasteiger charge is 2.27. The number of halogens is 1. The summed E-state index contributed by atoms with van der Waals surface area (Å²) in [5, 5.41) is 2.89. The summed E-state index contributed by atoms with van der Waals surface area (Å²) in [6, 6.07) is 5.51. The third kappa shape index (κ3) is 6.00. The Morgan fingerprint density at radius 1 is 1.17 bits per heavy atom. The molecule has 128 valence electrons. The first-order valence-corrected chi connectivity index (χ1v) is 8.20. The Hall–Kier alpha value is -1.91. The molecule has 1 aromatic carbocycles. The Morgan fingerprint density at radius 2 is 1.78 bits per heavy atom. The zero-order valence-electron chi connectivity index (χ0n) is 14.4. The molecular formula is C18H27FN2O2. The lowest BCUT2D eigenvalue weighted by atomic mass is 10.1. The Kier molecular flexibility index (Phi) is 7.72. The quantitative estimate of drug-likeness (QED) is 0.799. The molecule has 0 aliphatic carbocycles. The molecule has 0 spiro atoms. The van der Waals surface area contributed by atoms with Gasteiger partial charge in [-0.1, -0.05) is 39.8 Å². The van der Waals surface area contributed by atoms with Crippen LogP contribution in [0.15, 0.2) is 24.3 Å². The first-order chi connectivity index (χ1) is 10.9. The standard InChI is InChI=1S/C18H27FN2O2/c1-5-16(18(23)20-11-13(3)4)21(17(22)6-2)12-14-7-9-15(19)10-8-14/h7-10,13,16H,5-6,11-12H2,1-4H3,(H,20,23). The van der Waals surface area contributed by atoms with Crippen molar-refractivity contribution >= 4 is 11.8 Å². The van der Waals surface area contributed by atoms with Gasteiger partial charge >= 0.3 is 0 Å².